The number of rotatable bonds is 13. The monoisotopic (exact) mass is 490 g/mol. The van der Waals surface area contributed by atoms with Gasteiger partial charge in [-0.3, -0.25) is 14.4 Å². The van der Waals surface area contributed by atoms with E-state index in [1.54, 1.807) is 15.9 Å². The van der Waals surface area contributed by atoms with Gasteiger partial charge >= 0.3 is 5.97 Å². The van der Waals surface area contributed by atoms with Gasteiger partial charge in [0.1, 0.15) is 17.6 Å². The molecule has 3 rings (SSSR count). The molecule has 3 heterocycles. The third-order valence-electron chi connectivity index (χ3n) is 8.14. The van der Waals surface area contributed by atoms with E-state index in [0.29, 0.717) is 19.4 Å². The number of ether oxygens (including phenoxy) is 2. The lowest BCUT2D eigenvalue weighted by atomic mass is 9.62. The number of nitrogens with zero attached hydrogens (tertiary/aromatic N) is 2. The summed E-state index contributed by atoms with van der Waals surface area (Å²) in [6.45, 7) is 16.0. The van der Waals surface area contributed by atoms with Gasteiger partial charge in [0.2, 0.25) is 11.8 Å². The van der Waals surface area contributed by atoms with Crippen molar-refractivity contribution in [3.63, 3.8) is 0 Å². The Balaban J connectivity index is 1.98. The number of hydrogen-bond donors (Lipinski definition) is 1. The van der Waals surface area contributed by atoms with Crippen LogP contribution in [-0.4, -0.2) is 82.3 Å². The number of fused-ring (bicyclic) bond motifs is 1. The lowest BCUT2D eigenvalue weighted by Crippen LogP contribution is -2.57. The molecule has 35 heavy (non-hydrogen) atoms. The molecule has 8 nitrogen and oxygen atoms in total. The van der Waals surface area contributed by atoms with Gasteiger partial charge < -0.3 is 24.4 Å². The number of likely N-dealkylation sites (tertiary alicyclic amines) is 1. The van der Waals surface area contributed by atoms with Crippen LogP contribution < -0.4 is 0 Å². The number of aliphatic hydroxyl groups excluding tert-OH is 1. The number of allylic oxidation sites excluding steroid dienone is 1. The van der Waals surface area contributed by atoms with Crippen molar-refractivity contribution in [2.45, 2.75) is 83.1 Å². The zero-order chi connectivity index (χ0) is 26.0. The van der Waals surface area contributed by atoms with Crippen LogP contribution in [0, 0.1) is 17.8 Å². The van der Waals surface area contributed by atoms with E-state index in [-0.39, 0.29) is 43.5 Å². The summed E-state index contributed by atoms with van der Waals surface area (Å²) in [5.74, 6) is -2.49. The molecule has 0 aliphatic carbocycles. The molecule has 0 aromatic rings. The normalized spacial score (nSPS) is 33.2. The van der Waals surface area contributed by atoms with Crippen molar-refractivity contribution in [3.8, 4) is 0 Å². The first-order valence-corrected chi connectivity index (χ1v) is 12.9. The minimum absolute atomic E-state index is 0.0372. The molecule has 1 N–H and O–H groups in total. The van der Waals surface area contributed by atoms with Gasteiger partial charge in [-0.2, -0.15) is 0 Å². The van der Waals surface area contributed by atoms with Gasteiger partial charge in [0.25, 0.3) is 0 Å². The molecule has 0 saturated carbocycles. The molecule has 0 aromatic carbocycles. The number of unbranched alkanes of at least 4 members (excludes halogenated alkanes) is 2. The molecule has 2 bridgehead atoms. The van der Waals surface area contributed by atoms with E-state index in [0.717, 1.165) is 19.3 Å². The maximum absolute atomic E-state index is 14.0. The molecule has 3 aliphatic rings. The van der Waals surface area contributed by atoms with Gasteiger partial charge in [-0.1, -0.05) is 19.1 Å². The highest BCUT2D eigenvalue weighted by molar-refractivity contribution is 5.98. The highest BCUT2D eigenvalue weighted by Crippen LogP contribution is 2.65. The Morgan fingerprint density at radius 2 is 2.00 bits per heavy atom. The van der Waals surface area contributed by atoms with E-state index in [9.17, 15) is 19.5 Å². The van der Waals surface area contributed by atoms with E-state index in [1.807, 2.05) is 33.8 Å². The fraction of sp³-hybridized carbons (Fsp3) is 0.741. The van der Waals surface area contributed by atoms with E-state index >= 15 is 0 Å². The Morgan fingerprint density at radius 3 is 2.60 bits per heavy atom. The van der Waals surface area contributed by atoms with Crippen molar-refractivity contribution >= 4 is 17.8 Å². The van der Waals surface area contributed by atoms with Crippen LogP contribution in [0.3, 0.4) is 0 Å². The Kier molecular flexibility index (Phi) is 8.48. The van der Waals surface area contributed by atoms with Gasteiger partial charge in [0.15, 0.2) is 0 Å². The molecular weight excluding hydrogens is 448 g/mol. The Labute approximate surface area is 209 Å². The van der Waals surface area contributed by atoms with Gasteiger partial charge in [0, 0.05) is 25.7 Å². The third-order valence-corrected chi connectivity index (χ3v) is 8.14. The number of aliphatic hydroxyl groups is 1. The van der Waals surface area contributed by atoms with E-state index in [4.69, 9.17) is 9.47 Å². The average molecular weight is 491 g/mol. The first-order chi connectivity index (χ1) is 16.6. The summed E-state index contributed by atoms with van der Waals surface area (Å²) in [5, 5.41) is 9.48. The lowest BCUT2D eigenvalue weighted by molar-refractivity contribution is -0.162. The molecule has 0 aromatic heterocycles. The topological polar surface area (TPSA) is 96.4 Å². The average Bonchev–Trinajstić information content (AvgIpc) is 3.31. The highest BCUT2D eigenvalue weighted by atomic mass is 16.6. The summed E-state index contributed by atoms with van der Waals surface area (Å²) in [6.07, 6.45) is 6.80. The van der Waals surface area contributed by atoms with Gasteiger partial charge in [-0.05, 0) is 58.8 Å². The predicted molar refractivity (Wildman–Crippen MR) is 132 cm³/mol. The zero-order valence-corrected chi connectivity index (χ0v) is 21.7. The molecule has 0 radical (unpaired) electrons. The SMILES string of the molecule is C=CCCCCOC(=O)[C@@H]1[C@H]2C(=O)N(CCCO)C(C(=O)N(CC=C)C(C)C)C23CC(C)[C@@]1(C)O3. The molecule has 6 atom stereocenters. The molecule has 1 spiro atoms. The van der Waals surface area contributed by atoms with Crippen LogP contribution in [0.25, 0.3) is 0 Å². The van der Waals surface area contributed by atoms with Crippen molar-refractivity contribution < 1.29 is 29.0 Å². The van der Waals surface area contributed by atoms with Crippen molar-refractivity contribution in [1.82, 2.24) is 9.80 Å². The maximum atomic E-state index is 14.0. The minimum atomic E-state index is -1.10. The van der Waals surface area contributed by atoms with Crippen LogP contribution in [0.15, 0.2) is 25.3 Å². The molecule has 3 fully saturated rings. The van der Waals surface area contributed by atoms with Crippen LogP contribution in [-0.2, 0) is 23.9 Å². The van der Waals surface area contributed by atoms with Gasteiger partial charge in [-0.25, -0.2) is 0 Å². The summed E-state index contributed by atoms with van der Waals surface area (Å²) in [7, 11) is 0. The molecular formula is C27H42N2O6. The summed E-state index contributed by atoms with van der Waals surface area (Å²) >= 11 is 0. The lowest BCUT2D eigenvalue weighted by Gasteiger charge is -2.38. The zero-order valence-electron chi connectivity index (χ0n) is 21.7. The molecule has 3 aliphatic heterocycles. The number of hydrogen-bond acceptors (Lipinski definition) is 6. The van der Waals surface area contributed by atoms with Crippen LogP contribution in [0.4, 0.5) is 0 Å². The van der Waals surface area contributed by atoms with Crippen LogP contribution in [0.5, 0.6) is 0 Å². The molecule has 3 unspecified atom stereocenters. The van der Waals surface area contributed by atoms with E-state index in [1.165, 1.54) is 0 Å². The standard InChI is InChI=1S/C27H42N2O6/c1-7-9-10-11-16-34-25(33)21-20-23(31)29(14-12-15-30)22(24(32)28(13-8-2)18(3)4)27(20)17-19(5)26(21,6)35-27/h7-8,18-22,30H,1-2,9-17H2,3-6H3/t19?,20-,21-,22?,26+,27?/m0/s1. The Bertz CT molecular complexity index is 844. The summed E-state index contributed by atoms with van der Waals surface area (Å²) in [4.78, 5) is 44.5. The fourth-order valence-corrected chi connectivity index (χ4v) is 6.36. The smallest absolute Gasteiger partial charge is 0.312 e. The van der Waals surface area contributed by atoms with E-state index in [2.05, 4.69) is 13.2 Å². The first-order valence-electron chi connectivity index (χ1n) is 12.9. The highest BCUT2D eigenvalue weighted by Gasteiger charge is 2.80. The number of esters is 1. The third kappa shape index (κ3) is 4.55. The number of amides is 2. The summed E-state index contributed by atoms with van der Waals surface area (Å²) in [5.41, 5.74) is -1.99. The van der Waals surface area contributed by atoms with Crippen molar-refractivity contribution in [1.29, 1.82) is 0 Å². The Hall–Kier alpha value is -2.19. The molecule has 2 amide bonds. The number of carbonyl (C=O) groups is 3. The van der Waals surface area contributed by atoms with Crippen molar-refractivity contribution in [2.75, 3.05) is 26.3 Å². The quantitative estimate of drug-likeness (QED) is 0.242. The second-order valence-electron chi connectivity index (χ2n) is 10.6. The predicted octanol–water partition coefficient (Wildman–Crippen LogP) is 2.70. The Morgan fingerprint density at radius 1 is 1.29 bits per heavy atom. The molecule has 196 valence electrons. The van der Waals surface area contributed by atoms with Crippen molar-refractivity contribution in [3.05, 3.63) is 25.3 Å². The second kappa shape index (κ2) is 10.8. The van der Waals surface area contributed by atoms with Crippen LogP contribution in [0.2, 0.25) is 0 Å². The van der Waals surface area contributed by atoms with E-state index < -0.39 is 35.0 Å². The van der Waals surface area contributed by atoms with Crippen LogP contribution in [0.1, 0.15) is 59.8 Å². The molecule has 8 heteroatoms. The molecule has 3 saturated heterocycles. The maximum Gasteiger partial charge on any atom is 0.312 e. The van der Waals surface area contributed by atoms with Crippen molar-refractivity contribution in [2.24, 2.45) is 17.8 Å². The fourth-order valence-electron chi connectivity index (χ4n) is 6.36. The number of carbonyl (C=O) groups excluding carboxylic acids is 3. The summed E-state index contributed by atoms with van der Waals surface area (Å²) < 4.78 is 12.3. The van der Waals surface area contributed by atoms with Crippen LogP contribution >= 0.6 is 0 Å². The summed E-state index contributed by atoms with van der Waals surface area (Å²) in [6, 6.07) is -0.961. The largest absolute Gasteiger partial charge is 0.465 e. The minimum Gasteiger partial charge on any atom is -0.465 e. The van der Waals surface area contributed by atoms with Gasteiger partial charge in [-0.15, -0.1) is 13.2 Å². The first kappa shape index (κ1) is 27.4. The van der Waals surface area contributed by atoms with Gasteiger partial charge in [0.05, 0.1) is 18.1 Å². The second-order valence-corrected chi connectivity index (χ2v) is 10.6.